The van der Waals surface area contributed by atoms with Gasteiger partial charge >= 0.3 is 0 Å². The molecule has 1 unspecified atom stereocenters. The van der Waals surface area contributed by atoms with E-state index in [4.69, 9.17) is 9.72 Å². The first kappa shape index (κ1) is 28.6. The lowest BCUT2D eigenvalue weighted by Gasteiger charge is -2.24. The highest BCUT2D eigenvalue weighted by molar-refractivity contribution is 7.10. The van der Waals surface area contributed by atoms with Gasteiger partial charge in [0.1, 0.15) is 11.3 Å². The van der Waals surface area contributed by atoms with Crippen LogP contribution < -0.4 is 21.1 Å². The van der Waals surface area contributed by atoms with Crippen molar-refractivity contribution >= 4 is 45.4 Å². The van der Waals surface area contributed by atoms with Crippen LogP contribution in [0.2, 0.25) is 0 Å². The third-order valence-electron chi connectivity index (χ3n) is 8.56. The van der Waals surface area contributed by atoms with Gasteiger partial charge in [-0.2, -0.15) is 4.98 Å². The Morgan fingerprint density at radius 2 is 1.83 bits per heavy atom. The Morgan fingerprint density at radius 1 is 1.07 bits per heavy atom. The first-order valence-corrected chi connectivity index (χ1v) is 16.0. The van der Waals surface area contributed by atoms with Gasteiger partial charge in [0.25, 0.3) is 5.56 Å². The van der Waals surface area contributed by atoms with E-state index in [9.17, 15) is 4.79 Å². The van der Waals surface area contributed by atoms with Crippen molar-refractivity contribution in [2.75, 3.05) is 62.0 Å². The summed E-state index contributed by atoms with van der Waals surface area (Å²) in [4.78, 5) is 29.3. The maximum atomic E-state index is 14.0. The Bertz CT molecular complexity index is 1560. The molecule has 3 aromatic heterocycles. The number of nitrogens with zero attached hydrogens (tertiary/aromatic N) is 5. The van der Waals surface area contributed by atoms with Crippen LogP contribution in [0.1, 0.15) is 49.5 Å². The lowest BCUT2D eigenvalue weighted by Crippen LogP contribution is -2.33. The van der Waals surface area contributed by atoms with E-state index in [1.54, 1.807) is 11.3 Å². The van der Waals surface area contributed by atoms with Crippen LogP contribution in [-0.4, -0.2) is 71.9 Å². The van der Waals surface area contributed by atoms with Gasteiger partial charge in [-0.15, -0.1) is 11.3 Å². The molecule has 0 amide bonds. The minimum Gasteiger partial charge on any atom is -0.381 e. The number of anilines is 4. The summed E-state index contributed by atoms with van der Waals surface area (Å²) in [6.45, 7) is 9.93. The van der Waals surface area contributed by atoms with Crippen molar-refractivity contribution < 1.29 is 4.74 Å². The molecule has 4 aromatic rings. The Morgan fingerprint density at radius 3 is 2.55 bits per heavy atom. The van der Waals surface area contributed by atoms with E-state index in [1.807, 2.05) is 29.0 Å². The second-order valence-electron chi connectivity index (χ2n) is 11.3. The average molecular weight is 588 g/mol. The van der Waals surface area contributed by atoms with E-state index in [0.29, 0.717) is 35.8 Å². The van der Waals surface area contributed by atoms with E-state index in [-0.39, 0.29) is 5.56 Å². The highest BCUT2D eigenvalue weighted by atomic mass is 32.1. The van der Waals surface area contributed by atoms with Crippen LogP contribution in [0.15, 0.2) is 52.8 Å². The molecule has 2 fully saturated rings. The van der Waals surface area contributed by atoms with Gasteiger partial charge in [0, 0.05) is 66.7 Å². The fourth-order valence-corrected chi connectivity index (χ4v) is 7.16. The molecular formula is C32H41N7O2S. The number of likely N-dealkylation sites (N-methyl/N-ethyl adjacent to an activating group) is 1. The number of rotatable bonds is 10. The number of nitrogens with one attached hydrogen (secondary N) is 2. The smallest absolute Gasteiger partial charge is 0.276 e. The molecule has 0 aliphatic carbocycles. The Kier molecular flexibility index (Phi) is 8.73. The van der Waals surface area contributed by atoms with Gasteiger partial charge < -0.3 is 25.2 Å². The zero-order chi connectivity index (χ0) is 29.1. The summed E-state index contributed by atoms with van der Waals surface area (Å²) < 4.78 is 7.46. The molecule has 1 atom stereocenters. The molecule has 9 nitrogen and oxygen atoms in total. The molecular weight excluding hydrogens is 546 g/mol. The number of pyridine rings is 1. The molecule has 42 heavy (non-hydrogen) atoms. The van der Waals surface area contributed by atoms with E-state index in [1.165, 1.54) is 10.4 Å². The number of hydrogen-bond acceptors (Lipinski definition) is 9. The van der Waals surface area contributed by atoms with E-state index >= 15 is 0 Å². The van der Waals surface area contributed by atoms with Crippen molar-refractivity contribution in [1.82, 2.24) is 19.4 Å². The van der Waals surface area contributed by atoms with Crippen LogP contribution in [0.25, 0.3) is 11.0 Å². The molecule has 2 N–H and O–H groups in total. The fraction of sp³-hybridized carbons (Fsp3) is 0.469. The molecule has 10 heteroatoms. The van der Waals surface area contributed by atoms with E-state index in [2.05, 4.69) is 69.9 Å². The van der Waals surface area contributed by atoms with Crippen molar-refractivity contribution in [3.8, 4) is 0 Å². The molecule has 2 saturated heterocycles. The molecule has 0 saturated carbocycles. The largest absolute Gasteiger partial charge is 0.381 e. The van der Waals surface area contributed by atoms with Crippen molar-refractivity contribution in [1.29, 1.82) is 0 Å². The summed E-state index contributed by atoms with van der Waals surface area (Å²) in [5.74, 6) is 0.937. The van der Waals surface area contributed by atoms with Crippen LogP contribution >= 0.6 is 11.3 Å². The van der Waals surface area contributed by atoms with Crippen LogP contribution in [0.4, 0.5) is 23.0 Å². The lowest BCUT2D eigenvalue weighted by atomic mass is 9.92. The summed E-state index contributed by atoms with van der Waals surface area (Å²) in [7, 11) is 2.16. The standard InChI is InChI=1S/C32H41N7O2S/c1-4-38(5-2)28-18-23-19-33-32(35-25-8-6-24(7-9-25)34-26-10-14-37(3)20-26)36-30(23)39(31(28)40)21-29-27(13-17-42-29)22-11-15-41-16-12-22/h6-9,13,17-19,22,26,34H,4-5,10-12,14-16,20-21H2,1-3H3,(H,33,35,36). The predicted octanol–water partition coefficient (Wildman–Crippen LogP) is 5.50. The van der Waals surface area contributed by atoms with E-state index in [0.717, 1.165) is 75.4 Å². The molecule has 2 aliphatic heterocycles. The van der Waals surface area contributed by atoms with Gasteiger partial charge in [-0.1, -0.05) is 0 Å². The Labute approximate surface area is 251 Å². The SMILES string of the molecule is CCN(CC)c1cc2cnc(Nc3ccc(NC4CCN(C)C4)cc3)nc2n(Cc2sccc2C2CCOCC2)c1=O. The van der Waals surface area contributed by atoms with Gasteiger partial charge in [-0.25, -0.2) is 4.98 Å². The number of hydrogen-bond donors (Lipinski definition) is 2. The molecule has 2 aliphatic rings. The van der Waals surface area contributed by atoms with Gasteiger partial charge in [-0.3, -0.25) is 9.36 Å². The second-order valence-corrected chi connectivity index (χ2v) is 12.3. The molecule has 0 radical (unpaired) electrons. The molecule has 222 valence electrons. The lowest BCUT2D eigenvalue weighted by molar-refractivity contribution is 0.0852. The number of fused-ring (bicyclic) bond motifs is 1. The van der Waals surface area contributed by atoms with Crippen LogP contribution in [0.5, 0.6) is 0 Å². The van der Waals surface area contributed by atoms with Crippen LogP contribution in [-0.2, 0) is 11.3 Å². The first-order valence-electron chi connectivity index (χ1n) is 15.1. The van der Waals surface area contributed by atoms with Crippen LogP contribution in [0.3, 0.4) is 0 Å². The molecule has 0 spiro atoms. The van der Waals surface area contributed by atoms with Crippen molar-refractivity contribution in [2.24, 2.45) is 0 Å². The first-order chi connectivity index (χ1) is 20.5. The summed E-state index contributed by atoms with van der Waals surface area (Å²) in [5.41, 5.74) is 4.66. The highest BCUT2D eigenvalue weighted by Crippen LogP contribution is 2.33. The van der Waals surface area contributed by atoms with Gasteiger partial charge in [0.15, 0.2) is 0 Å². The summed E-state index contributed by atoms with van der Waals surface area (Å²) in [5, 5.41) is 9.98. The maximum absolute atomic E-state index is 14.0. The summed E-state index contributed by atoms with van der Waals surface area (Å²) in [6, 6.07) is 12.9. The highest BCUT2D eigenvalue weighted by Gasteiger charge is 2.22. The summed E-state index contributed by atoms with van der Waals surface area (Å²) in [6.07, 6.45) is 5.01. The average Bonchev–Trinajstić information content (AvgIpc) is 3.65. The van der Waals surface area contributed by atoms with Crippen molar-refractivity contribution in [2.45, 2.75) is 51.6 Å². The summed E-state index contributed by atoms with van der Waals surface area (Å²) >= 11 is 1.72. The fourth-order valence-electron chi connectivity index (χ4n) is 6.20. The maximum Gasteiger partial charge on any atom is 0.276 e. The number of thiophene rings is 1. The van der Waals surface area contributed by atoms with Crippen molar-refractivity contribution in [3.05, 3.63) is 68.8 Å². The van der Waals surface area contributed by atoms with Gasteiger partial charge in [-0.05, 0) is 100.0 Å². The van der Waals surface area contributed by atoms with Gasteiger partial charge in [0.2, 0.25) is 5.95 Å². The number of aromatic nitrogens is 3. The molecule has 5 heterocycles. The zero-order valence-electron chi connectivity index (χ0n) is 24.8. The molecule has 1 aromatic carbocycles. The quantitative estimate of drug-likeness (QED) is 0.252. The third-order valence-corrected chi connectivity index (χ3v) is 9.48. The second kappa shape index (κ2) is 12.8. The minimum atomic E-state index is -0.0184. The number of benzene rings is 1. The minimum absolute atomic E-state index is 0.0184. The topological polar surface area (TPSA) is 87.6 Å². The zero-order valence-corrected chi connectivity index (χ0v) is 25.6. The van der Waals surface area contributed by atoms with E-state index < -0.39 is 0 Å². The Hall–Kier alpha value is -3.47. The normalized spacial score (nSPS) is 18.0. The molecule has 0 bridgehead atoms. The predicted molar refractivity (Wildman–Crippen MR) is 173 cm³/mol. The van der Waals surface area contributed by atoms with Crippen molar-refractivity contribution in [3.63, 3.8) is 0 Å². The third kappa shape index (κ3) is 6.16. The Balaban J connectivity index is 1.31. The van der Waals surface area contributed by atoms with Crippen LogP contribution in [0, 0.1) is 0 Å². The molecule has 6 rings (SSSR count). The van der Waals surface area contributed by atoms with Gasteiger partial charge in [0.05, 0.1) is 6.54 Å². The number of likely N-dealkylation sites (tertiary alicyclic amines) is 1. The number of ether oxygens (including phenoxy) is 1. The monoisotopic (exact) mass is 587 g/mol.